The molecule has 0 aromatic carbocycles. The molecular formula is C9H14N4OS. The second-order valence-electron chi connectivity index (χ2n) is 3.32. The van der Waals surface area contributed by atoms with E-state index in [-0.39, 0.29) is 6.03 Å². The van der Waals surface area contributed by atoms with Crippen molar-refractivity contribution in [1.82, 2.24) is 20.5 Å². The minimum atomic E-state index is 0.00620. The van der Waals surface area contributed by atoms with E-state index in [1.54, 1.807) is 17.5 Å². The smallest absolute Gasteiger partial charge is 0.317 e. The molecule has 5 nitrogen and oxygen atoms in total. The second kappa shape index (κ2) is 5.09. The molecule has 82 valence electrons. The van der Waals surface area contributed by atoms with E-state index in [4.69, 9.17) is 0 Å². The van der Waals surface area contributed by atoms with Gasteiger partial charge >= 0.3 is 6.03 Å². The fraction of sp³-hybridized carbons (Fsp3) is 0.556. The molecule has 1 aromatic heterocycles. The molecule has 1 fully saturated rings. The Hall–Kier alpha value is -1.14. The number of nitrogens with zero attached hydrogens (tertiary/aromatic N) is 2. The van der Waals surface area contributed by atoms with Crippen LogP contribution in [0.1, 0.15) is 5.01 Å². The Labute approximate surface area is 92.5 Å². The average Bonchev–Trinajstić information content (AvgIpc) is 2.80. The summed E-state index contributed by atoms with van der Waals surface area (Å²) in [5.41, 5.74) is 0. The number of amides is 2. The van der Waals surface area contributed by atoms with Crippen LogP contribution >= 0.6 is 11.3 Å². The van der Waals surface area contributed by atoms with Gasteiger partial charge in [0.1, 0.15) is 5.01 Å². The summed E-state index contributed by atoms with van der Waals surface area (Å²) in [4.78, 5) is 17.6. The summed E-state index contributed by atoms with van der Waals surface area (Å²) in [7, 11) is 0. The molecule has 0 aliphatic carbocycles. The topological polar surface area (TPSA) is 57.3 Å². The van der Waals surface area contributed by atoms with Crippen molar-refractivity contribution in [2.24, 2.45) is 0 Å². The van der Waals surface area contributed by atoms with Crippen LogP contribution in [0.5, 0.6) is 0 Å². The molecule has 0 spiro atoms. The van der Waals surface area contributed by atoms with Crippen LogP contribution in [0.2, 0.25) is 0 Å². The highest BCUT2D eigenvalue weighted by molar-refractivity contribution is 7.09. The van der Waals surface area contributed by atoms with E-state index >= 15 is 0 Å². The molecule has 2 heterocycles. The Kier molecular flexibility index (Phi) is 3.52. The summed E-state index contributed by atoms with van der Waals surface area (Å²) < 4.78 is 0. The van der Waals surface area contributed by atoms with Crippen molar-refractivity contribution < 1.29 is 4.79 Å². The van der Waals surface area contributed by atoms with E-state index in [1.807, 2.05) is 10.3 Å². The van der Waals surface area contributed by atoms with Gasteiger partial charge in [0.25, 0.3) is 0 Å². The first-order valence-electron chi connectivity index (χ1n) is 4.98. The molecule has 0 atom stereocenters. The molecule has 6 heteroatoms. The number of aromatic nitrogens is 1. The summed E-state index contributed by atoms with van der Waals surface area (Å²) >= 11 is 1.55. The predicted molar refractivity (Wildman–Crippen MR) is 58.8 cm³/mol. The van der Waals surface area contributed by atoms with E-state index in [1.165, 1.54) is 0 Å². The Morgan fingerprint density at radius 3 is 3.07 bits per heavy atom. The molecule has 1 aliphatic rings. The highest BCUT2D eigenvalue weighted by atomic mass is 32.1. The van der Waals surface area contributed by atoms with Crippen molar-refractivity contribution in [2.45, 2.75) is 6.54 Å². The first-order chi connectivity index (χ1) is 7.36. The van der Waals surface area contributed by atoms with Crippen LogP contribution in [0.4, 0.5) is 4.79 Å². The average molecular weight is 226 g/mol. The maximum Gasteiger partial charge on any atom is 0.317 e. The summed E-state index contributed by atoms with van der Waals surface area (Å²) in [6.45, 7) is 3.85. The number of rotatable bonds is 2. The van der Waals surface area contributed by atoms with Gasteiger partial charge in [0.2, 0.25) is 0 Å². The first-order valence-corrected chi connectivity index (χ1v) is 5.86. The number of urea groups is 1. The van der Waals surface area contributed by atoms with Crippen LogP contribution in [0.25, 0.3) is 0 Å². The third kappa shape index (κ3) is 2.90. The summed E-state index contributed by atoms with van der Waals surface area (Å²) in [6, 6.07) is 0.00620. The molecule has 0 radical (unpaired) electrons. The molecule has 2 rings (SSSR count). The zero-order valence-electron chi connectivity index (χ0n) is 8.40. The molecule has 1 saturated heterocycles. The number of hydrogen-bond acceptors (Lipinski definition) is 4. The zero-order chi connectivity index (χ0) is 10.5. The van der Waals surface area contributed by atoms with Gasteiger partial charge in [0.15, 0.2) is 0 Å². The summed E-state index contributed by atoms with van der Waals surface area (Å²) in [5.74, 6) is 0. The molecule has 15 heavy (non-hydrogen) atoms. The number of carbonyl (C=O) groups excluding carboxylic acids is 1. The molecule has 1 aliphatic heterocycles. The Morgan fingerprint density at radius 1 is 1.60 bits per heavy atom. The van der Waals surface area contributed by atoms with Gasteiger partial charge in [0.05, 0.1) is 6.54 Å². The molecule has 1 aromatic rings. The van der Waals surface area contributed by atoms with Crippen molar-refractivity contribution in [1.29, 1.82) is 0 Å². The van der Waals surface area contributed by atoms with Crippen molar-refractivity contribution in [3.05, 3.63) is 16.6 Å². The van der Waals surface area contributed by atoms with Crippen molar-refractivity contribution >= 4 is 17.4 Å². The summed E-state index contributed by atoms with van der Waals surface area (Å²) in [5, 5.41) is 8.92. The predicted octanol–water partition coefficient (Wildman–Crippen LogP) is 0.258. The van der Waals surface area contributed by atoms with Crippen molar-refractivity contribution in [3.63, 3.8) is 0 Å². The van der Waals surface area contributed by atoms with E-state index in [9.17, 15) is 4.79 Å². The highest BCUT2D eigenvalue weighted by Crippen LogP contribution is 2.03. The molecule has 2 N–H and O–H groups in total. The van der Waals surface area contributed by atoms with Gasteiger partial charge in [-0.15, -0.1) is 11.3 Å². The van der Waals surface area contributed by atoms with E-state index in [2.05, 4.69) is 15.6 Å². The lowest BCUT2D eigenvalue weighted by Crippen LogP contribution is -2.50. The van der Waals surface area contributed by atoms with Crippen LogP contribution in [0.15, 0.2) is 11.6 Å². The number of nitrogens with one attached hydrogen (secondary N) is 2. The van der Waals surface area contributed by atoms with Gasteiger partial charge in [-0.1, -0.05) is 0 Å². The Balaban J connectivity index is 1.76. The van der Waals surface area contributed by atoms with Crippen LogP contribution < -0.4 is 10.6 Å². The Morgan fingerprint density at radius 2 is 2.40 bits per heavy atom. The molecule has 0 unspecified atom stereocenters. The standard InChI is InChI=1S/C9H14N4OS/c14-9(13-4-1-10-2-5-13)12-7-8-11-3-6-15-8/h3,6,10H,1-2,4-5,7H2,(H,12,14). The zero-order valence-corrected chi connectivity index (χ0v) is 9.22. The lowest BCUT2D eigenvalue weighted by Gasteiger charge is -2.27. The summed E-state index contributed by atoms with van der Waals surface area (Å²) in [6.07, 6.45) is 1.75. The Bertz CT molecular complexity index is 308. The van der Waals surface area contributed by atoms with Crippen molar-refractivity contribution in [2.75, 3.05) is 26.2 Å². The van der Waals surface area contributed by atoms with Crippen LogP contribution in [0.3, 0.4) is 0 Å². The quantitative estimate of drug-likeness (QED) is 0.760. The number of carbonyl (C=O) groups is 1. The third-order valence-electron chi connectivity index (χ3n) is 2.28. The van der Waals surface area contributed by atoms with Gasteiger partial charge in [-0.3, -0.25) is 0 Å². The maximum atomic E-state index is 11.7. The van der Waals surface area contributed by atoms with E-state index < -0.39 is 0 Å². The monoisotopic (exact) mass is 226 g/mol. The second-order valence-corrected chi connectivity index (χ2v) is 4.30. The maximum absolute atomic E-state index is 11.7. The van der Waals surface area contributed by atoms with Crippen molar-refractivity contribution in [3.8, 4) is 0 Å². The van der Waals surface area contributed by atoms with Gasteiger partial charge < -0.3 is 15.5 Å². The van der Waals surface area contributed by atoms with Crippen LogP contribution in [-0.4, -0.2) is 42.1 Å². The van der Waals surface area contributed by atoms with Gasteiger partial charge in [-0.05, 0) is 0 Å². The lowest BCUT2D eigenvalue weighted by atomic mass is 10.4. The number of thiazole rings is 1. The van der Waals surface area contributed by atoms with E-state index in [0.717, 1.165) is 31.2 Å². The molecule has 0 saturated carbocycles. The minimum Gasteiger partial charge on any atom is -0.331 e. The molecule has 0 bridgehead atoms. The first kappa shape index (κ1) is 10.4. The molecule has 2 amide bonds. The third-order valence-corrected chi connectivity index (χ3v) is 3.06. The van der Waals surface area contributed by atoms with Crippen LogP contribution in [0, 0.1) is 0 Å². The lowest BCUT2D eigenvalue weighted by molar-refractivity contribution is 0.189. The number of hydrogen-bond donors (Lipinski definition) is 2. The largest absolute Gasteiger partial charge is 0.331 e. The minimum absolute atomic E-state index is 0.00620. The highest BCUT2D eigenvalue weighted by Gasteiger charge is 2.15. The van der Waals surface area contributed by atoms with Gasteiger partial charge in [-0.2, -0.15) is 0 Å². The SMILES string of the molecule is O=C(NCc1nccs1)N1CCNCC1. The fourth-order valence-corrected chi connectivity index (χ4v) is 2.03. The van der Waals surface area contributed by atoms with E-state index in [0.29, 0.717) is 6.54 Å². The fourth-order valence-electron chi connectivity index (χ4n) is 1.47. The van der Waals surface area contributed by atoms with Gasteiger partial charge in [-0.25, -0.2) is 9.78 Å². The normalized spacial score (nSPS) is 16.4. The van der Waals surface area contributed by atoms with Crippen LogP contribution in [-0.2, 0) is 6.54 Å². The van der Waals surface area contributed by atoms with Gasteiger partial charge in [0, 0.05) is 37.8 Å². The molecular weight excluding hydrogens is 212 g/mol. The number of piperazine rings is 1.